The Balaban J connectivity index is 1.80. The van der Waals surface area contributed by atoms with Crippen molar-refractivity contribution < 1.29 is 33.8 Å². The van der Waals surface area contributed by atoms with E-state index in [4.69, 9.17) is 9.47 Å². The Labute approximate surface area is 207 Å². The van der Waals surface area contributed by atoms with Gasteiger partial charge in [-0.1, -0.05) is 46.3 Å². The van der Waals surface area contributed by atoms with Crippen LogP contribution in [0.25, 0.3) is 0 Å². The number of hydrogen-bond acceptors (Lipinski definition) is 7. The Kier molecular flexibility index (Phi) is 6.40. The minimum Gasteiger partial charge on any atom is -0.458 e. The van der Waals surface area contributed by atoms with Gasteiger partial charge in [0, 0.05) is 36.0 Å². The lowest BCUT2D eigenvalue weighted by Crippen LogP contribution is -2.64. The van der Waals surface area contributed by atoms with E-state index in [1.165, 1.54) is 6.92 Å². The zero-order valence-electron chi connectivity index (χ0n) is 21.6. The van der Waals surface area contributed by atoms with Crippen molar-refractivity contribution in [1.82, 2.24) is 0 Å². The topological polar surface area (TPSA) is 107 Å². The maximum absolute atomic E-state index is 13.8. The maximum Gasteiger partial charge on any atom is 0.306 e. The largest absolute Gasteiger partial charge is 0.458 e. The minimum atomic E-state index is -1.48. The van der Waals surface area contributed by atoms with Crippen LogP contribution in [0.4, 0.5) is 0 Å². The van der Waals surface area contributed by atoms with E-state index < -0.39 is 46.9 Å². The van der Waals surface area contributed by atoms with E-state index >= 15 is 0 Å². The molecule has 192 valence electrons. The van der Waals surface area contributed by atoms with Gasteiger partial charge in [0.15, 0.2) is 18.0 Å². The molecule has 0 radical (unpaired) electrons. The van der Waals surface area contributed by atoms with Crippen molar-refractivity contribution in [3.05, 3.63) is 23.8 Å². The molecule has 3 fully saturated rings. The summed E-state index contributed by atoms with van der Waals surface area (Å²) in [5.41, 5.74) is -1.69. The predicted octanol–water partition coefficient (Wildman–Crippen LogP) is 3.58. The highest BCUT2D eigenvalue weighted by molar-refractivity contribution is 6.01. The summed E-state index contributed by atoms with van der Waals surface area (Å²) < 4.78 is 11.2. The normalized spacial score (nSPS) is 44.0. The van der Waals surface area contributed by atoms with E-state index in [2.05, 4.69) is 13.8 Å². The van der Waals surface area contributed by atoms with Crippen LogP contribution in [0.1, 0.15) is 67.2 Å². The highest BCUT2D eigenvalue weighted by Gasteiger charge is 2.73. The van der Waals surface area contributed by atoms with Crippen molar-refractivity contribution in [2.75, 3.05) is 6.61 Å². The second-order valence-corrected chi connectivity index (χ2v) is 11.6. The first-order chi connectivity index (χ1) is 16.3. The van der Waals surface area contributed by atoms with Crippen molar-refractivity contribution in [2.45, 2.75) is 78.9 Å². The van der Waals surface area contributed by atoms with Crippen LogP contribution in [0.2, 0.25) is 0 Å². The third-order valence-corrected chi connectivity index (χ3v) is 9.74. The Morgan fingerprint density at radius 3 is 2.49 bits per heavy atom. The molecule has 0 aromatic rings. The molecule has 0 amide bonds. The number of allylic oxidation sites excluding steroid dienone is 4. The van der Waals surface area contributed by atoms with Gasteiger partial charge in [-0.3, -0.25) is 19.2 Å². The summed E-state index contributed by atoms with van der Waals surface area (Å²) in [7, 11) is 0. The van der Waals surface area contributed by atoms with Crippen LogP contribution in [0, 0.1) is 40.4 Å². The smallest absolute Gasteiger partial charge is 0.306 e. The summed E-state index contributed by atoms with van der Waals surface area (Å²) >= 11 is 0. The SMILES string of the molecule is CCC(=O)O[C@]1(C(=O)COC(C)=O)[C@@H](C)C[C@H]2[C@@H]3C[C@H](C)C4=CC(=O)C=C[C@]4(C)[C@H]3[C@@H](O)C[C@@]21C. The lowest BCUT2D eigenvalue weighted by Gasteiger charge is -2.61. The molecule has 35 heavy (non-hydrogen) atoms. The second kappa shape index (κ2) is 8.68. The zero-order valence-corrected chi connectivity index (χ0v) is 21.6. The molecule has 0 unspecified atom stereocenters. The van der Waals surface area contributed by atoms with E-state index in [-0.39, 0.29) is 48.2 Å². The van der Waals surface area contributed by atoms with Crippen molar-refractivity contribution in [3.8, 4) is 0 Å². The molecule has 0 spiro atoms. The highest BCUT2D eigenvalue weighted by Crippen LogP contribution is 2.69. The van der Waals surface area contributed by atoms with Gasteiger partial charge in [-0.05, 0) is 49.2 Å². The molecule has 0 aromatic carbocycles. The van der Waals surface area contributed by atoms with Crippen LogP contribution in [-0.2, 0) is 28.7 Å². The van der Waals surface area contributed by atoms with Gasteiger partial charge in [0.05, 0.1) is 6.10 Å². The number of esters is 2. The van der Waals surface area contributed by atoms with E-state index in [0.29, 0.717) is 6.42 Å². The molecule has 4 aliphatic rings. The monoisotopic (exact) mass is 486 g/mol. The standard InChI is InChI=1S/C28H38O7/c1-7-24(33)35-28(23(32)14-34-17(4)29)16(3)11-21-19-10-15(2)20-12-18(30)8-9-26(20,5)25(19)22(31)13-27(21,28)6/h8-9,12,15-16,19,21-22,25,31H,7,10-11,13-14H2,1-6H3/t15-,16-,19-,21-,22-,25+,26-,27-,28-/m0/s1. The molecule has 0 aromatic heterocycles. The molecular weight excluding hydrogens is 448 g/mol. The fraction of sp³-hybridized carbons (Fsp3) is 0.714. The van der Waals surface area contributed by atoms with Gasteiger partial charge in [0.1, 0.15) is 0 Å². The summed E-state index contributed by atoms with van der Waals surface area (Å²) in [4.78, 5) is 50.1. The van der Waals surface area contributed by atoms with Gasteiger partial charge in [0.2, 0.25) is 5.78 Å². The fourth-order valence-electron chi connectivity index (χ4n) is 8.46. The number of fused-ring (bicyclic) bond motifs is 5. The maximum atomic E-state index is 13.8. The van der Waals surface area contributed by atoms with E-state index in [9.17, 15) is 24.3 Å². The van der Waals surface area contributed by atoms with Crippen LogP contribution in [-0.4, -0.2) is 46.9 Å². The first-order valence-electron chi connectivity index (χ1n) is 12.8. The molecule has 4 rings (SSSR count). The third-order valence-electron chi connectivity index (χ3n) is 9.74. The second-order valence-electron chi connectivity index (χ2n) is 11.6. The zero-order chi connectivity index (χ0) is 25.9. The Morgan fingerprint density at radius 2 is 1.86 bits per heavy atom. The van der Waals surface area contributed by atoms with Gasteiger partial charge in [-0.25, -0.2) is 0 Å². The van der Waals surface area contributed by atoms with E-state index in [1.54, 1.807) is 19.1 Å². The molecule has 0 aliphatic heterocycles. The average molecular weight is 487 g/mol. The number of hydrogen-bond donors (Lipinski definition) is 1. The molecular formula is C28H38O7. The first kappa shape index (κ1) is 25.8. The molecule has 3 saturated carbocycles. The first-order valence-corrected chi connectivity index (χ1v) is 12.8. The molecule has 0 heterocycles. The Hall–Kier alpha value is -2.28. The third kappa shape index (κ3) is 3.64. The molecule has 1 N–H and O–H groups in total. The van der Waals surface area contributed by atoms with Gasteiger partial charge in [-0.15, -0.1) is 0 Å². The van der Waals surface area contributed by atoms with Crippen molar-refractivity contribution in [3.63, 3.8) is 0 Å². The number of ether oxygens (including phenoxy) is 2. The minimum absolute atomic E-state index is 0.0173. The summed E-state index contributed by atoms with van der Waals surface area (Å²) in [5.74, 6) is -1.66. The van der Waals surface area contributed by atoms with Crippen molar-refractivity contribution >= 4 is 23.5 Å². The quantitative estimate of drug-likeness (QED) is 0.592. The van der Waals surface area contributed by atoms with Gasteiger partial charge in [0.25, 0.3) is 0 Å². The predicted molar refractivity (Wildman–Crippen MR) is 128 cm³/mol. The molecule has 7 heteroatoms. The lowest BCUT2D eigenvalue weighted by atomic mass is 9.44. The lowest BCUT2D eigenvalue weighted by molar-refractivity contribution is -0.206. The number of carbonyl (C=O) groups is 4. The van der Waals surface area contributed by atoms with Gasteiger partial charge >= 0.3 is 11.9 Å². The Morgan fingerprint density at radius 1 is 1.17 bits per heavy atom. The average Bonchev–Trinajstić information content (AvgIpc) is 3.00. The molecule has 0 saturated heterocycles. The number of aliphatic hydroxyl groups excluding tert-OH is 1. The van der Waals surface area contributed by atoms with E-state index in [0.717, 1.165) is 12.0 Å². The molecule has 4 aliphatic carbocycles. The van der Waals surface area contributed by atoms with Crippen LogP contribution >= 0.6 is 0 Å². The Bertz CT molecular complexity index is 1010. The summed E-state index contributed by atoms with van der Waals surface area (Å²) in [6.07, 6.45) is 6.38. The van der Waals surface area contributed by atoms with Crippen LogP contribution < -0.4 is 0 Å². The van der Waals surface area contributed by atoms with Crippen LogP contribution in [0.15, 0.2) is 23.8 Å². The number of aliphatic hydroxyl groups is 1. The summed E-state index contributed by atoms with van der Waals surface area (Å²) in [6, 6.07) is 0. The fourth-order valence-corrected chi connectivity index (χ4v) is 8.46. The summed E-state index contributed by atoms with van der Waals surface area (Å²) in [6.45, 7) is 10.6. The number of rotatable bonds is 5. The van der Waals surface area contributed by atoms with Crippen LogP contribution in [0.3, 0.4) is 0 Å². The number of ketones is 2. The van der Waals surface area contributed by atoms with Gasteiger partial charge in [-0.2, -0.15) is 0 Å². The summed E-state index contributed by atoms with van der Waals surface area (Å²) in [5, 5.41) is 11.7. The molecule has 0 bridgehead atoms. The van der Waals surface area contributed by atoms with Crippen LogP contribution in [0.5, 0.6) is 0 Å². The molecule has 7 nitrogen and oxygen atoms in total. The highest BCUT2D eigenvalue weighted by atomic mass is 16.6. The van der Waals surface area contributed by atoms with Crippen molar-refractivity contribution in [2.24, 2.45) is 40.4 Å². The van der Waals surface area contributed by atoms with Gasteiger partial charge < -0.3 is 14.6 Å². The molecule has 9 atom stereocenters. The van der Waals surface area contributed by atoms with E-state index in [1.807, 2.05) is 19.9 Å². The number of carbonyl (C=O) groups excluding carboxylic acids is 4. The van der Waals surface area contributed by atoms with Crippen molar-refractivity contribution in [1.29, 1.82) is 0 Å². The number of Topliss-reactive ketones (excluding diaryl/α,β-unsaturated/α-hetero) is 1.